The van der Waals surface area contributed by atoms with E-state index in [1.165, 1.54) is 6.92 Å². The first-order chi connectivity index (χ1) is 17.7. The smallest absolute Gasteiger partial charge is 0.302 e. The summed E-state index contributed by atoms with van der Waals surface area (Å²) < 4.78 is 6.67. The number of para-hydroxylation sites is 1. The summed E-state index contributed by atoms with van der Waals surface area (Å²) in [5.74, 6) is -1.79. The van der Waals surface area contributed by atoms with Gasteiger partial charge in [0.25, 0.3) is 11.8 Å². The molecule has 1 aromatic heterocycles. The largest absolute Gasteiger partial charge is 0.464 e. The van der Waals surface area contributed by atoms with Crippen molar-refractivity contribution in [3.63, 3.8) is 0 Å². The molecule has 0 fully saturated rings. The third-order valence-corrected chi connectivity index (χ3v) is 6.16. The summed E-state index contributed by atoms with van der Waals surface area (Å²) in [5, 5.41) is 14.5. The number of carbonyl (C=O) groups is 3. The van der Waals surface area contributed by atoms with Crippen LogP contribution in [-0.4, -0.2) is 45.6 Å². The van der Waals surface area contributed by atoms with Crippen molar-refractivity contribution >= 4 is 23.9 Å². The lowest BCUT2D eigenvalue weighted by atomic mass is 9.92. The van der Waals surface area contributed by atoms with Crippen molar-refractivity contribution in [2.75, 3.05) is 13.2 Å². The topological polar surface area (TPSA) is 105 Å². The summed E-state index contributed by atoms with van der Waals surface area (Å²) in [6.45, 7) is 6.52. The number of benzene rings is 2. The van der Waals surface area contributed by atoms with E-state index < -0.39 is 17.8 Å². The Kier molecular flexibility index (Phi) is 7.16. The number of imide groups is 1. The van der Waals surface area contributed by atoms with Gasteiger partial charge in [0.15, 0.2) is 0 Å². The van der Waals surface area contributed by atoms with Crippen molar-refractivity contribution < 1.29 is 19.1 Å². The minimum absolute atomic E-state index is 0.127. The normalized spacial score (nSPS) is 14.8. The maximum Gasteiger partial charge on any atom is 0.302 e. The van der Waals surface area contributed by atoms with Crippen molar-refractivity contribution in [2.45, 2.75) is 27.7 Å². The maximum absolute atomic E-state index is 13.5. The minimum Gasteiger partial charge on any atom is -0.464 e. The van der Waals surface area contributed by atoms with Crippen LogP contribution in [0.4, 0.5) is 0 Å². The van der Waals surface area contributed by atoms with Gasteiger partial charge in [-0.3, -0.25) is 19.3 Å². The fourth-order valence-electron chi connectivity index (χ4n) is 4.18. The average molecular weight is 495 g/mol. The van der Waals surface area contributed by atoms with E-state index in [0.29, 0.717) is 16.8 Å². The molecule has 8 nitrogen and oxygen atoms in total. The lowest BCUT2D eigenvalue weighted by Gasteiger charge is -2.27. The van der Waals surface area contributed by atoms with Crippen LogP contribution >= 0.6 is 0 Å². The van der Waals surface area contributed by atoms with E-state index in [1.54, 1.807) is 17.7 Å². The van der Waals surface area contributed by atoms with Crippen LogP contribution in [0, 0.1) is 25.2 Å². The molecule has 0 saturated carbocycles. The Balaban J connectivity index is 1.88. The molecule has 0 saturated heterocycles. The monoisotopic (exact) mass is 494 g/mol. The predicted octanol–water partition coefficient (Wildman–Crippen LogP) is 4.31. The third-order valence-electron chi connectivity index (χ3n) is 6.16. The summed E-state index contributed by atoms with van der Waals surface area (Å²) in [6, 6.07) is 17.6. The van der Waals surface area contributed by atoms with Crippen LogP contribution in [0.1, 0.15) is 30.5 Å². The van der Waals surface area contributed by atoms with E-state index in [9.17, 15) is 19.6 Å². The van der Waals surface area contributed by atoms with Gasteiger partial charge in [-0.2, -0.15) is 10.4 Å². The fraction of sp³-hybridized carbons (Fsp3) is 0.207. The van der Waals surface area contributed by atoms with E-state index in [-0.39, 0.29) is 24.3 Å². The molecule has 2 heterocycles. The first-order valence-electron chi connectivity index (χ1n) is 11.8. The highest BCUT2D eigenvalue weighted by molar-refractivity contribution is 6.19. The third kappa shape index (κ3) is 5.11. The van der Waals surface area contributed by atoms with Gasteiger partial charge >= 0.3 is 5.97 Å². The number of amides is 2. The SMILES string of the molecule is CC(=O)OCCN1C(=O)C(C#N)=C(C)/C(=C\c2cn(-c3ccccc3)nc2-c2cc(C)ccc2C)C1=O. The van der Waals surface area contributed by atoms with Crippen molar-refractivity contribution in [3.8, 4) is 23.0 Å². The lowest BCUT2D eigenvalue weighted by molar-refractivity contribution is -0.147. The molecular weight excluding hydrogens is 468 g/mol. The zero-order valence-electron chi connectivity index (χ0n) is 21.1. The number of hydrogen-bond acceptors (Lipinski definition) is 6. The Labute approximate surface area is 215 Å². The summed E-state index contributed by atoms with van der Waals surface area (Å²) in [7, 11) is 0. The molecule has 0 bridgehead atoms. The molecule has 0 aliphatic carbocycles. The Morgan fingerprint density at radius 2 is 1.81 bits per heavy atom. The van der Waals surface area contributed by atoms with E-state index in [2.05, 4.69) is 0 Å². The summed E-state index contributed by atoms with van der Waals surface area (Å²) in [5.41, 5.74) is 5.53. The van der Waals surface area contributed by atoms with Gasteiger partial charge in [0.2, 0.25) is 0 Å². The van der Waals surface area contributed by atoms with Gasteiger partial charge in [0.05, 0.1) is 12.2 Å². The van der Waals surface area contributed by atoms with Crippen molar-refractivity contribution in [2.24, 2.45) is 0 Å². The number of esters is 1. The second kappa shape index (κ2) is 10.5. The molecule has 3 aromatic rings. The fourth-order valence-corrected chi connectivity index (χ4v) is 4.18. The number of nitrogens with zero attached hydrogens (tertiary/aromatic N) is 4. The van der Waals surface area contributed by atoms with Gasteiger partial charge in [-0.25, -0.2) is 4.68 Å². The van der Waals surface area contributed by atoms with Crippen LogP contribution < -0.4 is 0 Å². The van der Waals surface area contributed by atoms with Gasteiger partial charge < -0.3 is 4.74 Å². The van der Waals surface area contributed by atoms with Crippen LogP contribution in [0.5, 0.6) is 0 Å². The van der Waals surface area contributed by atoms with E-state index in [1.807, 2.05) is 74.6 Å². The van der Waals surface area contributed by atoms with Gasteiger partial charge in [-0.05, 0) is 56.2 Å². The molecule has 0 N–H and O–H groups in total. The number of aryl methyl sites for hydroxylation is 2. The number of carbonyl (C=O) groups excluding carboxylic acids is 3. The first kappa shape index (κ1) is 25.3. The standard InChI is InChI=1S/C29H26N4O4/c1-18-10-11-19(2)24(14-18)27-22(17-33(31-27)23-8-6-5-7-9-23)15-25-20(3)26(16-30)29(36)32(28(25)35)12-13-37-21(4)34/h5-11,14-15,17H,12-13H2,1-4H3/b25-15+. The van der Waals surface area contributed by atoms with Crippen molar-refractivity contribution in [3.05, 3.63) is 88.1 Å². The predicted molar refractivity (Wildman–Crippen MR) is 138 cm³/mol. The highest BCUT2D eigenvalue weighted by Crippen LogP contribution is 2.32. The number of rotatable bonds is 6. The quantitative estimate of drug-likeness (QED) is 0.287. The van der Waals surface area contributed by atoms with E-state index >= 15 is 0 Å². The molecule has 1 aliphatic heterocycles. The number of nitriles is 1. The molecule has 186 valence electrons. The molecule has 2 amide bonds. The van der Waals surface area contributed by atoms with Crippen LogP contribution in [0.3, 0.4) is 0 Å². The van der Waals surface area contributed by atoms with Crippen LogP contribution in [0.2, 0.25) is 0 Å². The maximum atomic E-state index is 13.5. The highest BCUT2D eigenvalue weighted by atomic mass is 16.5. The molecule has 8 heteroatoms. The van der Waals surface area contributed by atoms with E-state index in [0.717, 1.165) is 27.3 Å². The first-order valence-corrected chi connectivity index (χ1v) is 11.8. The Morgan fingerprint density at radius 3 is 2.49 bits per heavy atom. The van der Waals surface area contributed by atoms with Gasteiger partial charge in [0.1, 0.15) is 23.9 Å². The zero-order chi connectivity index (χ0) is 26.7. The Morgan fingerprint density at radius 1 is 1.08 bits per heavy atom. The molecule has 4 rings (SSSR count). The van der Waals surface area contributed by atoms with Gasteiger partial charge in [-0.15, -0.1) is 0 Å². The zero-order valence-corrected chi connectivity index (χ0v) is 21.1. The second-order valence-electron chi connectivity index (χ2n) is 8.80. The van der Waals surface area contributed by atoms with Gasteiger partial charge in [0, 0.05) is 29.8 Å². The molecule has 0 radical (unpaired) electrons. The summed E-state index contributed by atoms with van der Waals surface area (Å²) in [4.78, 5) is 38.4. The Bertz CT molecular complexity index is 1510. The molecule has 0 spiro atoms. The molecule has 37 heavy (non-hydrogen) atoms. The van der Waals surface area contributed by atoms with Gasteiger partial charge in [-0.1, -0.05) is 35.9 Å². The minimum atomic E-state index is -0.705. The number of hydrogen-bond donors (Lipinski definition) is 0. The molecular formula is C29H26N4O4. The van der Waals surface area contributed by atoms with Crippen LogP contribution in [0.15, 0.2) is 71.4 Å². The number of aromatic nitrogens is 2. The lowest BCUT2D eigenvalue weighted by Crippen LogP contribution is -2.44. The highest BCUT2D eigenvalue weighted by Gasteiger charge is 2.35. The number of ether oxygens (including phenoxy) is 1. The van der Waals surface area contributed by atoms with Crippen molar-refractivity contribution in [1.29, 1.82) is 5.26 Å². The van der Waals surface area contributed by atoms with Crippen LogP contribution in [-0.2, 0) is 19.1 Å². The Hall–Kier alpha value is -4.77. The molecule has 1 aliphatic rings. The molecule has 0 unspecified atom stereocenters. The van der Waals surface area contributed by atoms with Crippen molar-refractivity contribution in [1.82, 2.24) is 14.7 Å². The van der Waals surface area contributed by atoms with Crippen LogP contribution in [0.25, 0.3) is 23.0 Å². The summed E-state index contributed by atoms with van der Waals surface area (Å²) in [6.07, 6.45) is 3.50. The summed E-state index contributed by atoms with van der Waals surface area (Å²) >= 11 is 0. The molecule has 0 atom stereocenters. The second-order valence-corrected chi connectivity index (χ2v) is 8.80. The molecule has 2 aromatic carbocycles. The van der Waals surface area contributed by atoms with E-state index in [4.69, 9.17) is 9.84 Å². The average Bonchev–Trinajstić information content (AvgIpc) is 3.30.